The molecule has 0 aromatic carbocycles. The normalized spacial score (nSPS) is 16.5. The fraction of sp³-hybridized carbons (Fsp3) is 0.476. The Morgan fingerprint density at radius 1 is 1.30 bits per heavy atom. The number of carbonyl (C=O) groups is 2. The summed E-state index contributed by atoms with van der Waals surface area (Å²) in [4.78, 5) is 30.3. The number of anilines is 1. The van der Waals surface area contributed by atoms with Gasteiger partial charge in [0.05, 0.1) is 12.2 Å². The van der Waals surface area contributed by atoms with E-state index in [1.807, 2.05) is 0 Å². The average Bonchev–Trinajstić information content (AvgIpc) is 2.99. The Morgan fingerprint density at radius 2 is 2.00 bits per heavy atom. The van der Waals surface area contributed by atoms with E-state index in [0.717, 1.165) is 24.8 Å². The van der Waals surface area contributed by atoms with Crippen LogP contribution in [0.25, 0.3) is 0 Å². The van der Waals surface area contributed by atoms with Gasteiger partial charge in [-0.05, 0) is 55.2 Å². The number of pyridine rings is 1. The van der Waals surface area contributed by atoms with E-state index >= 15 is 0 Å². The van der Waals surface area contributed by atoms with Crippen LogP contribution in [0.4, 0.5) is 5.00 Å². The Labute approximate surface area is 164 Å². The minimum Gasteiger partial charge on any atom is -0.462 e. The lowest BCUT2D eigenvalue weighted by Gasteiger charge is -2.33. The van der Waals surface area contributed by atoms with Crippen molar-refractivity contribution >= 4 is 28.2 Å². The first-order valence-electron chi connectivity index (χ1n) is 9.34. The molecule has 1 amide bonds. The summed E-state index contributed by atoms with van der Waals surface area (Å²) in [6, 6.07) is 3.31. The molecule has 1 atom stereocenters. The van der Waals surface area contributed by atoms with E-state index < -0.39 is 0 Å². The largest absolute Gasteiger partial charge is 0.462 e. The third kappa shape index (κ3) is 4.21. The lowest BCUT2D eigenvalue weighted by Crippen LogP contribution is -2.26. The molecule has 2 heterocycles. The number of fused-ring (bicyclic) bond motifs is 1. The molecule has 0 fully saturated rings. The van der Waals surface area contributed by atoms with Gasteiger partial charge in [-0.25, -0.2) is 4.79 Å². The predicted octanol–water partition coefficient (Wildman–Crippen LogP) is 4.72. The SMILES string of the molecule is CCOC(=O)c1c(NC(=O)c2ccncc2)sc2c1CCC(C(C)(C)C)C2. The Bertz CT molecular complexity index is 837. The number of aromatic nitrogens is 1. The second-order valence-electron chi connectivity index (χ2n) is 7.92. The molecule has 0 spiro atoms. The molecule has 3 rings (SSSR count). The van der Waals surface area contributed by atoms with Gasteiger partial charge in [0.25, 0.3) is 5.91 Å². The Morgan fingerprint density at radius 3 is 2.63 bits per heavy atom. The molecule has 0 bridgehead atoms. The van der Waals surface area contributed by atoms with Crippen molar-refractivity contribution in [2.75, 3.05) is 11.9 Å². The molecule has 0 radical (unpaired) electrons. The summed E-state index contributed by atoms with van der Waals surface area (Å²) >= 11 is 1.51. The first kappa shape index (κ1) is 19.5. The third-order valence-corrected chi connectivity index (χ3v) is 6.31. The number of thiophene rings is 1. The van der Waals surface area contributed by atoms with Crippen LogP contribution in [0, 0.1) is 11.3 Å². The van der Waals surface area contributed by atoms with Crippen molar-refractivity contribution in [2.45, 2.75) is 47.0 Å². The second-order valence-corrected chi connectivity index (χ2v) is 9.03. The van der Waals surface area contributed by atoms with Crippen LogP contribution in [0.1, 0.15) is 65.3 Å². The maximum absolute atomic E-state index is 12.6. The molecule has 5 nitrogen and oxygen atoms in total. The van der Waals surface area contributed by atoms with E-state index in [1.165, 1.54) is 16.2 Å². The molecule has 144 valence electrons. The van der Waals surface area contributed by atoms with Crippen LogP contribution in [0.3, 0.4) is 0 Å². The third-order valence-electron chi connectivity index (χ3n) is 5.14. The molecule has 1 unspecified atom stereocenters. The molecule has 6 heteroatoms. The number of nitrogens with one attached hydrogen (secondary N) is 1. The molecule has 1 aliphatic carbocycles. The van der Waals surface area contributed by atoms with Crippen LogP contribution in [-0.2, 0) is 17.6 Å². The fourth-order valence-corrected chi connectivity index (χ4v) is 4.82. The standard InChI is InChI=1S/C21H26N2O3S/c1-5-26-20(25)17-15-7-6-14(21(2,3)4)12-16(15)27-19(17)23-18(24)13-8-10-22-11-9-13/h8-11,14H,5-7,12H2,1-4H3,(H,23,24). The van der Waals surface area contributed by atoms with Gasteiger partial charge >= 0.3 is 5.97 Å². The second kappa shape index (κ2) is 7.80. The lowest BCUT2D eigenvalue weighted by atomic mass is 9.72. The maximum Gasteiger partial charge on any atom is 0.341 e. The predicted molar refractivity (Wildman–Crippen MR) is 107 cm³/mol. The van der Waals surface area contributed by atoms with E-state index in [-0.39, 0.29) is 17.3 Å². The van der Waals surface area contributed by atoms with Crippen molar-refractivity contribution in [3.63, 3.8) is 0 Å². The van der Waals surface area contributed by atoms with E-state index in [4.69, 9.17) is 4.74 Å². The number of esters is 1. The summed E-state index contributed by atoms with van der Waals surface area (Å²) in [5, 5.41) is 3.52. The molecule has 27 heavy (non-hydrogen) atoms. The summed E-state index contributed by atoms with van der Waals surface area (Å²) in [6.07, 6.45) is 5.97. The summed E-state index contributed by atoms with van der Waals surface area (Å²) in [7, 11) is 0. The molecule has 1 N–H and O–H groups in total. The number of nitrogens with zero attached hydrogens (tertiary/aromatic N) is 1. The van der Waals surface area contributed by atoms with Crippen LogP contribution in [-0.4, -0.2) is 23.5 Å². The molecule has 0 saturated heterocycles. The van der Waals surface area contributed by atoms with Gasteiger partial charge in [0.2, 0.25) is 0 Å². The van der Waals surface area contributed by atoms with E-state index in [1.54, 1.807) is 31.5 Å². The van der Waals surface area contributed by atoms with Crippen LogP contribution in [0.15, 0.2) is 24.5 Å². The van der Waals surface area contributed by atoms with Gasteiger partial charge in [0, 0.05) is 22.8 Å². The maximum atomic E-state index is 12.6. The van der Waals surface area contributed by atoms with E-state index in [2.05, 4.69) is 31.1 Å². The van der Waals surface area contributed by atoms with Crippen LogP contribution >= 0.6 is 11.3 Å². The number of carbonyl (C=O) groups excluding carboxylic acids is 2. The number of ether oxygens (including phenoxy) is 1. The molecule has 1 aliphatic rings. The minimum absolute atomic E-state index is 0.215. The van der Waals surface area contributed by atoms with Gasteiger partial charge in [-0.3, -0.25) is 9.78 Å². The van der Waals surface area contributed by atoms with Crippen molar-refractivity contribution < 1.29 is 14.3 Å². The number of amides is 1. The van der Waals surface area contributed by atoms with Crippen molar-refractivity contribution in [3.05, 3.63) is 46.1 Å². The van der Waals surface area contributed by atoms with Crippen molar-refractivity contribution in [3.8, 4) is 0 Å². The summed E-state index contributed by atoms with van der Waals surface area (Å²) < 4.78 is 5.28. The van der Waals surface area contributed by atoms with Crippen LogP contribution in [0.2, 0.25) is 0 Å². The van der Waals surface area contributed by atoms with Gasteiger partial charge in [-0.1, -0.05) is 20.8 Å². The molecular weight excluding hydrogens is 360 g/mol. The van der Waals surface area contributed by atoms with E-state index in [9.17, 15) is 9.59 Å². The number of rotatable bonds is 4. The van der Waals surface area contributed by atoms with Gasteiger partial charge in [-0.15, -0.1) is 11.3 Å². The highest BCUT2D eigenvalue weighted by molar-refractivity contribution is 7.17. The molecule has 0 saturated carbocycles. The highest BCUT2D eigenvalue weighted by Crippen LogP contribution is 2.44. The zero-order valence-corrected chi connectivity index (χ0v) is 17.1. The van der Waals surface area contributed by atoms with Gasteiger partial charge in [-0.2, -0.15) is 0 Å². The van der Waals surface area contributed by atoms with Gasteiger partial charge in [0.15, 0.2) is 0 Å². The minimum atomic E-state index is -0.353. The topological polar surface area (TPSA) is 68.3 Å². The van der Waals surface area contributed by atoms with Crippen molar-refractivity contribution in [2.24, 2.45) is 11.3 Å². The first-order chi connectivity index (χ1) is 12.8. The van der Waals surface area contributed by atoms with Gasteiger partial charge in [0.1, 0.15) is 5.00 Å². The number of hydrogen-bond donors (Lipinski definition) is 1. The highest BCUT2D eigenvalue weighted by atomic mass is 32.1. The van der Waals surface area contributed by atoms with Crippen molar-refractivity contribution in [1.82, 2.24) is 4.98 Å². The quantitative estimate of drug-likeness (QED) is 0.772. The molecule has 2 aromatic heterocycles. The summed E-state index contributed by atoms with van der Waals surface area (Å²) in [5.41, 5.74) is 2.31. The van der Waals surface area contributed by atoms with E-state index in [0.29, 0.717) is 28.7 Å². The molecular formula is C21H26N2O3S. The zero-order chi connectivity index (χ0) is 19.6. The molecule has 2 aromatic rings. The van der Waals surface area contributed by atoms with Crippen LogP contribution < -0.4 is 5.32 Å². The monoisotopic (exact) mass is 386 g/mol. The lowest BCUT2D eigenvalue weighted by molar-refractivity contribution is 0.0526. The smallest absolute Gasteiger partial charge is 0.341 e. The Balaban J connectivity index is 1.94. The summed E-state index contributed by atoms with van der Waals surface area (Å²) in [6.45, 7) is 8.88. The Hall–Kier alpha value is -2.21. The number of hydrogen-bond acceptors (Lipinski definition) is 5. The summed E-state index contributed by atoms with van der Waals surface area (Å²) in [5.74, 6) is -0.0365. The van der Waals surface area contributed by atoms with Crippen LogP contribution in [0.5, 0.6) is 0 Å². The highest BCUT2D eigenvalue weighted by Gasteiger charge is 2.34. The fourth-order valence-electron chi connectivity index (χ4n) is 3.51. The average molecular weight is 387 g/mol. The Kier molecular flexibility index (Phi) is 5.65. The first-order valence-corrected chi connectivity index (χ1v) is 10.2. The zero-order valence-electron chi connectivity index (χ0n) is 16.3. The van der Waals surface area contributed by atoms with Crippen molar-refractivity contribution in [1.29, 1.82) is 0 Å². The van der Waals surface area contributed by atoms with Gasteiger partial charge < -0.3 is 10.1 Å². The molecule has 0 aliphatic heterocycles.